The number of carbonyl (C=O) groups excluding carboxylic acids is 2. The van der Waals surface area contributed by atoms with Gasteiger partial charge in [-0.15, -0.1) is 16.0 Å². The van der Waals surface area contributed by atoms with Crippen LogP contribution in [0.4, 0.5) is 5.13 Å². The van der Waals surface area contributed by atoms with Gasteiger partial charge >= 0.3 is 0 Å². The van der Waals surface area contributed by atoms with Gasteiger partial charge in [-0.2, -0.15) is 14.0 Å². The van der Waals surface area contributed by atoms with Crippen molar-refractivity contribution in [1.82, 2.24) is 20.0 Å². The summed E-state index contributed by atoms with van der Waals surface area (Å²) >= 11 is 1.20. The van der Waals surface area contributed by atoms with Crippen LogP contribution in [-0.2, 0) is 38.7 Å². The number of nitrogens with one attached hydrogen (secondary N) is 1. The number of hydrogen-bond acceptors (Lipinski definition) is 12. The highest BCUT2D eigenvalue weighted by molar-refractivity contribution is 7.88. The van der Waals surface area contributed by atoms with Crippen molar-refractivity contribution in [1.29, 1.82) is 0 Å². The highest BCUT2D eigenvalue weighted by Gasteiger charge is 2.57. The molecule has 14 nitrogen and oxygen atoms in total. The van der Waals surface area contributed by atoms with Crippen LogP contribution in [0.1, 0.15) is 37.9 Å². The molecular formula is C27H35N8O6S2+. The third kappa shape index (κ3) is 6.47. The van der Waals surface area contributed by atoms with Crippen LogP contribution >= 0.6 is 23.7 Å². The van der Waals surface area contributed by atoms with E-state index in [1.165, 1.54) is 0 Å². The molecule has 2 amide bonds. The zero-order chi connectivity index (χ0) is 30.7. The van der Waals surface area contributed by atoms with Crippen LogP contribution < -0.4 is 26.2 Å². The summed E-state index contributed by atoms with van der Waals surface area (Å²) in [7, 11) is 2.02. The summed E-state index contributed by atoms with van der Waals surface area (Å²) < 4.78 is 24.2. The number of rotatable bonds is 12. The maximum Gasteiger partial charge on any atom is 0.276 e. The lowest BCUT2D eigenvalue weighted by Crippen LogP contribution is -2.76. The van der Waals surface area contributed by atoms with Crippen molar-refractivity contribution in [2.75, 3.05) is 18.9 Å². The van der Waals surface area contributed by atoms with Crippen LogP contribution in [0.3, 0.4) is 0 Å². The van der Waals surface area contributed by atoms with Crippen LogP contribution in [0, 0.1) is 0 Å². The van der Waals surface area contributed by atoms with E-state index in [1.807, 2.05) is 19.2 Å². The maximum absolute atomic E-state index is 13.2. The van der Waals surface area contributed by atoms with Crippen molar-refractivity contribution in [3.63, 3.8) is 0 Å². The Morgan fingerprint density at radius 3 is 2.91 bits per heavy atom. The van der Waals surface area contributed by atoms with Crippen LogP contribution in [0.5, 0.6) is 5.75 Å². The van der Waals surface area contributed by atoms with Gasteiger partial charge in [0.15, 0.2) is 36.8 Å². The van der Waals surface area contributed by atoms with Crippen LogP contribution in [0.15, 0.2) is 41.1 Å². The van der Waals surface area contributed by atoms with Crippen LogP contribution in [0.25, 0.3) is 11.1 Å². The Balaban J connectivity index is 1.23. The molecule has 230 valence electrons. The van der Waals surface area contributed by atoms with Crippen molar-refractivity contribution in [3.8, 4) is 16.9 Å². The summed E-state index contributed by atoms with van der Waals surface area (Å²) in [6.07, 6.45) is 6.34. The number of benzene rings is 1. The fourth-order valence-electron chi connectivity index (χ4n) is 5.07. The number of nitrogens with two attached hydrogens (primary N) is 2. The first-order valence-corrected chi connectivity index (χ1v) is 15.3. The first-order chi connectivity index (χ1) is 20.6. The van der Waals surface area contributed by atoms with E-state index in [2.05, 4.69) is 43.3 Å². The molecule has 16 heteroatoms. The second-order valence-electron chi connectivity index (χ2n) is 10.8. The smallest absolute Gasteiger partial charge is 0.276 e. The fourth-order valence-corrected chi connectivity index (χ4v) is 5.95. The Kier molecular flexibility index (Phi) is 9.22. The van der Waals surface area contributed by atoms with E-state index in [4.69, 9.17) is 29.9 Å². The molecule has 2 aromatic heterocycles. The summed E-state index contributed by atoms with van der Waals surface area (Å²) in [4.78, 5) is 35.5. The molecule has 2 aliphatic rings. The molecule has 1 saturated heterocycles. The van der Waals surface area contributed by atoms with Crippen LogP contribution in [-0.4, -0.2) is 67.6 Å². The van der Waals surface area contributed by atoms with E-state index in [0.717, 1.165) is 58.2 Å². The Morgan fingerprint density at radius 2 is 2.21 bits per heavy atom. The largest absolute Gasteiger partial charge is 0.486 e. The Morgan fingerprint density at radius 1 is 1.40 bits per heavy atom. The Bertz CT molecular complexity index is 1520. The van der Waals surface area contributed by atoms with Crippen LogP contribution in [0.2, 0.25) is 0 Å². The lowest BCUT2D eigenvalue weighted by atomic mass is 9.84. The van der Waals surface area contributed by atoms with Gasteiger partial charge in [0.2, 0.25) is 6.20 Å². The molecule has 6 N–H and O–H groups in total. The Labute approximate surface area is 256 Å². The minimum Gasteiger partial charge on any atom is -0.486 e. The number of carbonyl (C=O) groups is 2. The molecule has 1 fully saturated rings. The number of fused-ring (bicyclic) bond motifs is 1. The van der Waals surface area contributed by atoms with E-state index in [-0.39, 0.29) is 41.6 Å². The summed E-state index contributed by atoms with van der Waals surface area (Å²) in [6.45, 7) is 4.97. The van der Waals surface area contributed by atoms with Crippen molar-refractivity contribution >= 4 is 46.3 Å². The van der Waals surface area contributed by atoms with Gasteiger partial charge in [-0.1, -0.05) is 11.2 Å². The molecule has 43 heavy (non-hydrogen) atoms. The SMILES string of the molecule is C[n+]1cc(-c2ccc3c(c2)CC[C@@H](CO/N=C(\C(=O)NC2C(=O)N(OSO)C2(C)C)c2csc(N)n2)O3)cn1CCCN. The first-order valence-electron chi connectivity index (χ1n) is 13.7. The number of ether oxygens (including phenoxy) is 1. The number of hydroxylamine groups is 2. The topological polar surface area (TPSA) is 183 Å². The second kappa shape index (κ2) is 12.9. The average Bonchev–Trinajstić information content (AvgIpc) is 3.59. The normalized spacial score (nSPS) is 19.4. The van der Waals surface area contributed by atoms with Gasteiger partial charge in [-0.05, 0) is 62.9 Å². The molecular weight excluding hydrogens is 596 g/mol. The summed E-state index contributed by atoms with van der Waals surface area (Å²) in [6, 6.07) is 5.24. The minimum absolute atomic E-state index is 0.0510. The summed E-state index contributed by atoms with van der Waals surface area (Å²) in [5.74, 6) is -0.405. The van der Waals surface area contributed by atoms with E-state index >= 15 is 0 Å². The van der Waals surface area contributed by atoms with Gasteiger partial charge in [0.1, 0.15) is 23.6 Å². The van der Waals surface area contributed by atoms with E-state index in [9.17, 15) is 9.59 Å². The number of thiazole rings is 1. The quantitative estimate of drug-likeness (QED) is 0.0754. The predicted octanol–water partition coefficient (Wildman–Crippen LogP) is 1.64. The number of oxime groups is 1. The second-order valence-corrected chi connectivity index (χ2v) is 12.0. The van der Waals surface area contributed by atoms with Crippen molar-refractivity contribution < 1.29 is 32.7 Å². The lowest BCUT2D eigenvalue weighted by Gasteiger charge is -2.50. The molecule has 0 radical (unpaired) electrons. The van der Waals surface area contributed by atoms with Gasteiger partial charge < -0.3 is 30.9 Å². The molecule has 0 aliphatic carbocycles. The number of nitrogen functional groups attached to an aromatic ring is 1. The number of aryl methyl sites for hydroxylation is 3. The molecule has 0 spiro atoms. The summed E-state index contributed by atoms with van der Waals surface area (Å²) in [5.41, 5.74) is 14.0. The molecule has 0 bridgehead atoms. The Hall–Kier alpha value is -3.70. The molecule has 3 aromatic rings. The number of β-lactam (4-membered cyclic amide) rings is 1. The zero-order valence-corrected chi connectivity index (χ0v) is 25.7. The molecule has 4 heterocycles. The number of hydrogen-bond donors (Lipinski definition) is 4. The van der Waals surface area contributed by atoms with Gasteiger partial charge in [-0.3, -0.25) is 9.59 Å². The van der Waals surface area contributed by atoms with Crippen molar-refractivity contribution in [3.05, 3.63) is 47.2 Å². The number of nitrogens with zero attached hydrogens (tertiary/aromatic N) is 5. The van der Waals surface area contributed by atoms with E-state index < -0.39 is 23.4 Å². The number of aromatic nitrogens is 3. The first kappa shape index (κ1) is 30.7. The van der Waals surface area contributed by atoms with Gasteiger partial charge in [0, 0.05) is 5.38 Å². The molecule has 1 aromatic carbocycles. The monoisotopic (exact) mass is 631 g/mol. The average molecular weight is 632 g/mol. The standard InChI is InChI=1S/C27H34N8O6S2/c1-27(2)23(25(37)35(27)41-43-38)31-24(36)22(20-15-42-26(29)30-20)32-39-14-19-7-5-17-11-16(6-8-21(17)40-19)18-12-33(3)34(13-18)10-4-9-28/h6,8,11-13,15,19,23H,4-5,7,9-10,14,28H2,1-3H3,(H3-,29,30,31,36,38)/p+1/b32-22-/t19-,23?/m0/s1. The fraction of sp³-hybridized carbons (Fsp3) is 0.444. The predicted molar refractivity (Wildman–Crippen MR) is 161 cm³/mol. The highest BCUT2D eigenvalue weighted by Crippen LogP contribution is 2.34. The molecule has 1 unspecified atom stereocenters. The van der Waals surface area contributed by atoms with Gasteiger partial charge in [0.05, 0.1) is 23.8 Å². The van der Waals surface area contributed by atoms with Gasteiger partial charge in [-0.25, -0.2) is 4.98 Å². The van der Waals surface area contributed by atoms with Crippen molar-refractivity contribution in [2.45, 2.75) is 57.3 Å². The van der Waals surface area contributed by atoms with E-state index in [0.29, 0.717) is 13.0 Å². The van der Waals surface area contributed by atoms with E-state index in [1.54, 1.807) is 19.2 Å². The third-order valence-electron chi connectivity index (χ3n) is 7.49. The molecule has 0 saturated carbocycles. The zero-order valence-electron chi connectivity index (χ0n) is 24.1. The molecule has 5 rings (SSSR count). The molecule has 2 atom stereocenters. The summed E-state index contributed by atoms with van der Waals surface area (Å²) in [5, 5.41) is 9.56. The van der Waals surface area contributed by atoms with Crippen molar-refractivity contribution in [2.24, 2.45) is 17.9 Å². The highest BCUT2D eigenvalue weighted by atomic mass is 32.2. The third-order valence-corrected chi connectivity index (χ3v) is 8.38. The lowest BCUT2D eigenvalue weighted by molar-refractivity contribution is -0.753. The minimum atomic E-state index is -0.914. The number of amides is 2. The number of anilines is 1. The molecule has 2 aliphatic heterocycles. The maximum atomic E-state index is 13.2. The van der Waals surface area contributed by atoms with Gasteiger partial charge in [0.25, 0.3) is 11.8 Å².